The van der Waals surface area contributed by atoms with Crippen LogP contribution in [-0.4, -0.2) is 47.6 Å². The summed E-state index contributed by atoms with van der Waals surface area (Å²) < 4.78 is 34.7. The molecule has 0 radical (unpaired) electrons. The van der Waals surface area contributed by atoms with Gasteiger partial charge in [-0.3, -0.25) is 13.8 Å². The van der Waals surface area contributed by atoms with Crippen LogP contribution in [0.1, 0.15) is 5.56 Å². The Balaban J connectivity index is 1.82. The summed E-state index contributed by atoms with van der Waals surface area (Å²) in [5.74, 6) is -1.55. The van der Waals surface area contributed by atoms with Gasteiger partial charge in [0.15, 0.2) is 5.82 Å². The highest BCUT2D eigenvalue weighted by Crippen LogP contribution is 2.34. The van der Waals surface area contributed by atoms with E-state index < -0.39 is 22.9 Å². The average molecular weight is 329 g/mol. The van der Waals surface area contributed by atoms with Crippen molar-refractivity contribution in [3.63, 3.8) is 0 Å². The van der Waals surface area contributed by atoms with Crippen LogP contribution < -0.4 is 14.3 Å². The minimum atomic E-state index is -1.88. The lowest BCUT2D eigenvalue weighted by Crippen LogP contribution is -2.39. The molecule has 0 spiro atoms. The van der Waals surface area contributed by atoms with Crippen molar-refractivity contribution in [2.45, 2.75) is 12.5 Å². The molecule has 2 heterocycles. The van der Waals surface area contributed by atoms with E-state index in [1.807, 2.05) is 0 Å². The maximum Gasteiger partial charge on any atom is 0.253 e. The Bertz CT molecular complexity index is 598. The highest BCUT2D eigenvalue weighted by Gasteiger charge is 2.31. The Hall–Kier alpha value is -1.71. The zero-order chi connectivity index (χ0) is 15.7. The minimum Gasteiger partial charge on any atom is -0.506 e. The maximum atomic E-state index is 14.3. The van der Waals surface area contributed by atoms with E-state index in [-0.39, 0.29) is 24.1 Å². The van der Waals surface area contributed by atoms with E-state index in [2.05, 4.69) is 10.0 Å². The van der Waals surface area contributed by atoms with Crippen molar-refractivity contribution in [3.8, 4) is 5.75 Å². The second-order valence-electron chi connectivity index (χ2n) is 5.16. The number of morpholine rings is 1. The molecule has 0 saturated carbocycles. The monoisotopic (exact) mass is 329 g/mol. The largest absolute Gasteiger partial charge is 0.506 e. The molecule has 9 heteroatoms. The van der Waals surface area contributed by atoms with E-state index in [1.54, 1.807) is 0 Å². The molecular weight excluding hydrogens is 313 g/mol. The van der Waals surface area contributed by atoms with Gasteiger partial charge in [-0.2, -0.15) is 0 Å². The van der Waals surface area contributed by atoms with E-state index in [0.717, 1.165) is 10.8 Å². The Labute approximate surface area is 129 Å². The van der Waals surface area contributed by atoms with Crippen molar-refractivity contribution in [2.24, 2.45) is 0 Å². The van der Waals surface area contributed by atoms with Gasteiger partial charge in [-0.25, -0.2) is 8.60 Å². The number of benzene rings is 1. The van der Waals surface area contributed by atoms with Crippen molar-refractivity contribution < 1.29 is 23.2 Å². The topological polar surface area (TPSA) is 90.9 Å². The Kier molecular flexibility index (Phi) is 4.27. The van der Waals surface area contributed by atoms with Gasteiger partial charge in [-0.05, 0) is 17.7 Å². The second kappa shape index (κ2) is 6.19. The maximum absolute atomic E-state index is 14.3. The molecule has 1 amide bonds. The highest BCUT2D eigenvalue weighted by atomic mass is 32.2. The molecule has 2 atom stereocenters. The molecule has 3 N–H and O–H groups in total. The van der Waals surface area contributed by atoms with Gasteiger partial charge in [0.25, 0.3) is 5.91 Å². The lowest BCUT2D eigenvalue weighted by molar-refractivity contribution is -0.117. The SMILES string of the molecule is O=C1CN(c2c(O)cc(CC3CNCCO3)cc2F)S(=O)N1. The number of rotatable bonds is 3. The number of carbonyl (C=O) groups excluding carboxylic acids is 1. The van der Waals surface area contributed by atoms with Crippen molar-refractivity contribution in [1.29, 1.82) is 0 Å². The Morgan fingerprint density at radius 3 is 2.91 bits per heavy atom. The van der Waals surface area contributed by atoms with Crippen LogP contribution in [0.25, 0.3) is 0 Å². The number of halogens is 1. The third-order valence-electron chi connectivity index (χ3n) is 3.51. The van der Waals surface area contributed by atoms with E-state index >= 15 is 0 Å². The van der Waals surface area contributed by atoms with Gasteiger partial charge in [-0.1, -0.05) is 0 Å². The first-order chi connectivity index (χ1) is 10.5. The first kappa shape index (κ1) is 15.2. The number of hydrogen-bond donors (Lipinski definition) is 3. The molecule has 2 aliphatic heterocycles. The summed E-state index contributed by atoms with van der Waals surface area (Å²) in [5, 5.41) is 13.2. The number of nitrogens with zero attached hydrogens (tertiary/aromatic N) is 1. The fourth-order valence-electron chi connectivity index (χ4n) is 2.55. The molecule has 0 aromatic heterocycles. The van der Waals surface area contributed by atoms with Crippen LogP contribution >= 0.6 is 0 Å². The fraction of sp³-hybridized carbons (Fsp3) is 0.462. The van der Waals surface area contributed by atoms with E-state index in [1.165, 1.54) is 12.1 Å². The van der Waals surface area contributed by atoms with Crippen molar-refractivity contribution in [2.75, 3.05) is 30.5 Å². The molecule has 120 valence electrons. The molecule has 2 saturated heterocycles. The van der Waals surface area contributed by atoms with E-state index in [4.69, 9.17) is 4.74 Å². The summed E-state index contributed by atoms with van der Waals surface area (Å²) in [6.45, 7) is 1.79. The molecule has 0 bridgehead atoms. The molecule has 2 unspecified atom stereocenters. The zero-order valence-corrected chi connectivity index (χ0v) is 12.5. The molecule has 3 rings (SSSR count). The summed E-state index contributed by atoms with van der Waals surface area (Å²) in [5.41, 5.74) is 0.347. The highest BCUT2D eigenvalue weighted by molar-refractivity contribution is 7.85. The van der Waals surface area contributed by atoms with E-state index in [0.29, 0.717) is 25.1 Å². The predicted octanol–water partition coefficient (Wildman–Crippen LogP) is -0.423. The average Bonchev–Trinajstić information content (AvgIpc) is 2.78. The van der Waals surface area contributed by atoms with Crippen LogP contribution in [0, 0.1) is 5.82 Å². The second-order valence-corrected chi connectivity index (χ2v) is 6.30. The molecular formula is C13H16FN3O4S. The zero-order valence-electron chi connectivity index (χ0n) is 11.7. The molecule has 2 aliphatic rings. The summed E-state index contributed by atoms with van der Waals surface area (Å²) in [6, 6.07) is 2.68. The third-order valence-corrected chi connectivity index (χ3v) is 4.62. The van der Waals surface area contributed by atoms with Gasteiger partial charge in [0.2, 0.25) is 11.2 Å². The number of nitrogens with one attached hydrogen (secondary N) is 2. The molecule has 1 aromatic rings. The number of phenolic OH excluding ortho intramolecular Hbond substituents is 1. The van der Waals surface area contributed by atoms with E-state index in [9.17, 15) is 18.5 Å². The van der Waals surface area contributed by atoms with Crippen molar-refractivity contribution >= 4 is 22.8 Å². The first-order valence-corrected chi connectivity index (χ1v) is 7.98. The number of amides is 1. The number of ether oxygens (including phenoxy) is 1. The smallest absolute Gasteiger partial charge is 0.253 e. The summed E-state index contributed by atoms with van der Waals surface area (Å²) in [6.07, 6.45) is 0.375. The van der Waals surface area contributed by atoms with Gasteiger partial charge in [0.1, 0.15) is 18.0 Å². The normalized spacial score (nSPS) is 25.3. The third kappa shape index (κ3) is 3.06. The van der Waals surface area contributed by atoms with Gasteiger partial charge < -0.3 is 15.2 Å². The van der Waals surface area contributed by atoms with Crippen LogP contribution in [-0.2, 0) is 27.1 Å². The Morgan fingerprint density at radius 1 is 1.50 bits per heavy atom. The number of carbonyl (C=O) groups is 1. The lowest BCUT2D eigenvalue weighted by atomic mass is 10.1. The molecule has 2 fully saturated rings. The van der Waals surface area contributed by atoms with Crippen LogP contribution in [0.4, 0.5) is 10.1 Å². The first-order valence-electron chi connectivity index (χ1n) is 6.87. The van der Waals surface area contributed by atoms with Gasteiger partial charge in [0, 0.05) is 19.5 Å². The van der Waals surface area contributed by atoms with Gasteiger partial charge in [0.05, 0.1) is 12.7 Å². The molecule has 7 nitrogen and oxygen atoms in total. The number of anilines is 1. The lowest BCUT2D eigenvalue weighted by Gasteiger charge is -2.24. The predicted molar refractivity (Wildman–Crippen MR) is 78.0 cm³/mol. The van der Waals surface area contributed by atoms with Crippen LogP contribution in [0.5, 0.6) is 5.75 Å². The van der Waals surface area contributed by atoms with Crippen LogP contribution in [0.3, 0.4) is 0 Å². The fourth-order valence-corrected chi connectivity index (χ4v) is 3.50. The molecule has 0 aliphatic carbocycles. The number of aromatic hydroxyl groups is 1. The minimum absolute atomic E-state index is 0.0810. The molecule has 22 heavy (non-hydrogen) atoms. The summed E-state index contributed by atoms with van der Waals surface area (Å²) >= 11 is -1.88. The van der Waals surface area contributed by atoms with Crippen LogP contribution in [0.2, 0.25) is 0 Å². The number of phenols is 1. The quantitative estimate of drug-likeness (QED) is 0.700. The van der Waals surface area contributed by atoms with Gasteiger partial charge >= 0.3 is 0 Å². The Morgan fingerprint density at radius 2 is 2.32 bits per heavy atom. The molecule has 1 aromatic carbocycles. The number of hydrogen-bond acceptors (Lipinski definition) is 5. The van der Waals surface area contributed by atoms with Crippen LogP contribution in [0.15, 0.2) is 12.1 Å². The summed E-state index contributed by atoms with van der Waals surface area (Å²) in [4.78, 5) is 11.2. The van der Waals surface area contributed by atoms with Gasteiger partial charge in [-0.15, -0.1) is 0 Å². The van der Waals surface area contributed by atoms with Crippen molar-refractivity contribution in [1.82, 2.24) is 10.0 Å². The summed E-state index contributed by atoms with van der Waals surface area (Å²) in [7, 11) is 0. The standard InChI is InChI=1S/C13H16FN3O4S/c14-10-4-8(3-9-6-15-1-2-21-9)5-11(18)13(10)17-7-12(19)16-22(17)20/h4-5,9,15,18H,1-3,6-7H2,(H,16,19). The van der Waals surface area contributed by atoms with Crippen molar-refractivity contribution in [3.05, 3.63) is 23.5 Å².